The average molecular weight is 348 g/mol. The normalized spacial score (nSPS) is 12.9. The molecule has 1 aromatic rings. The van der Waals surface area contributed by atoms with Gasteiger partial charge in [-0.15, -0.1) is 0 Å². The zero-order valence-corrected chi connectivity index (χ0v) is 13.1. The van der Waals surface area contributed by atoms with Crippen LogP contribution >= 0.6 is 23.2 Å². The molecule has 6 nitrogen and oxygen atoms in total. The van der Waals surface area contributed by atoms with Crippen LogP contribution in [0.2, 0.25) is 10.0 Å². The van der Waals surface area contributed by atoms with E-state index >= 15 is 0 Å². The number of rotatable bonds is 4. The zero-order valence-electron chi connectivity index (χ0n) is 9.92. The minimum Gasteiger partial charge on any atom is -0.264 e. The number of hydrogen-bond acceptors (Lipinski definition) is 5. The van der Waals surface area contributed by atoms with Crippen molar-refractivity contribution in [1.29, 1.82) is 0 Å². The van der Waals surface area contributed by atoms with Crippen molar-refractivity contribution >= 4 is 43.3 Å². The van der Waals surface area contributed by atoms with Crippen molar-refractivity contribution < 1.29 is 21.0 Å². The van der Waals surface area contributed by atoms with Gasteiger partial charge in [-0.1, -0.05) is 23.2 Å². The average Bonchev–Trinajstić information content (AvgIpc) is 2.17. The molecule has 0 spiro atoms. The summed E-state index contributed by atoms with van der Waals surface area (Å²) in [4.78, 5) is -1.01. The number of sulfonamides is 1. The Labute approximate surface area is 121 Å². The highest BCUT2D eigenvalue weighted by molar-refractivity contribution is 7.89. The largest absolute Gasteiger partial charge is 0.298 e. The van der Waals surface area contributed by atoms with Crippen LogP contribution in [0, 0.1) is 0 Å². The van der Waals surface area contributed by atoms with Crippen molar-refractivity contribution in [2.75, 3.05) is 0 Å². The standard InChI is InChI=1S/C9H11Cl2NO5S2/c1-5(2)17-19(15,16)8-4-6(18(12,13)14)3-7(10)9(8)11/h3-5H,1-2H3,(H2,12,13,14). The molecular weight excluding hydrogens is 337 g/mol. The first-order valence-corrected chi connectivity index (χ1v) is 8.61. The molecule has 10 heteroatoms. The van der Waals surface area contributed by atoms with Gasteiger partial charge in [-0.25, -0.2) is 13.6 Å². The molecule has 0 aliphatic heterocycles. The van der Waals surface area contributed by atoms with Crippen molar-refractivity contribution in [1.82, 2.24) is 0 Å². The van der Waals surface area contributed by atoms with Gasteiger partial charge in [0.15, 0.2) is 0 Å². The van der Waals surface area contributed by atoms with E-state index in [1.54, 1.807) is 0 Å². The summed E-state index contributed by atoms with van der Waals surface area (Å²) >= 11 is 11.5. The number of benzene rings is 1. The molecule has 0 unspecified atom stereocenters. The van der Waals surface area contributed by atoms with Gasteiger partial charge < -0.3 is 0 Å². The van der Waals surface area contributed by atoms with Gasteiger partial charge in [-0.3, -0.25) is 4.18 Å². The van der Waals surface area contributed by atoms with Crippen molar-refractivity contribution in [2.24, 2.45) is 5.14 Å². The lowest BCUT2D eigenvalue weighted by Gasteiger charge is -2.11. The maximum Gasteiger partial charge on any atom is 0.298 e. The number of hydrogen-bond donors (Lipinski definition) is 1. The molecule has 0 saturated heterocycles. The smallest absolute Gasteiger partial charge is 0.264 e. The minimum atomic E-state index is -4.23. The second-order valence-electron chi connectivity index (χ2n) is 3.86. The van der Waals surface area contributed by atoms with Gasteiger partial charge in [0.05, 0.1) is 21.0 Å². The molecular formula is C9H11Cl2NO5S2. The third-order valence-electron chi connectivity index (χ3n) is 1.89. The second-order valence-corrected chi connectivity index (χ2v) is 7.75. The summed E-state index contributed by atoms with van der Waals surface area (Å²) in [6, 6.07) is 1.77. The monoisotopic (exact) mass is 347 g/mol. The van der Waals surface area contributed by atoms with Gasteiger partial charge in [-0.2, -0.15) is 8.42 Å². The summed E-state index contributed by atoms with van der Waals surface area (Å²) in [5.41, 5.74) is 0. The van der Waals surface area contributed by atoms with E-state index in [1.165, 1.54) is 13.8 Å². The van der Waals surface area contributed by atoms with Crippen molar-refractivity contribution in [3.63, 3.8) is 0 Å². The number of halogens is 2. The molecule has 0 saturated carbocycles. The molecule has 0 bridgehead atoms. The SMILES string of the molecule is CC(C)OS(=O)(=O)c1cc(S(N)(=O)=O)cc(Cl)c1Cl. The van der Waals surface area contributed by atoms with E-state index in [0.717, 1.165) is 12.1 Å². The zero-order chi connectivity index (χ0) is 15.0. The fourth-order valence-corrected chi connectivity index (χ4v) is 3.77. The fourth-order valence-electron chi connectivity index (χ4n) is 1.19. The van der Waals surface area contributed by atoms with Crippen molar-refractivity contribution in [3.8, 4) is 0 Å². The summed E-state index contributed by atoms with van der Waals surface area (Å²) < 4.78 is 51.0. The summed E-state index contributed by atoms with van der Waals surface area (Å²) in [7, 11) is -8.35. The lowest BCUT2D eigenvalue weighted by Crippen LogP contribution is -2.16. The topological polar surface area (TPSA) is 104 Å². The highest BCUT2D eigenvalue weighted by Gasteiger charge is 2.25. The first kappa shape index (κ1) is 16.7. The Bertz CT molecular complexity index is 698. The van der Waals surface area contributed by atoms with E-state index in [-0.39, 0.29) is 10.0 Å². The Morgan fingerprint density at radius 1 is 1.16 bits per heavy atom. The van der Waals surface area contributed by atoms with Gasteiger partial charge in [-0.05, 0) is 26.0 Å². The Balaban J connectivity index is 3.57. The van der Waals surface area contributed by atoms with E-state index in [4.69, 9.17) is 32.5 Å². The molecule has 0 aliphatic carbocycles. The van der Waals surface area contributed by atoms with E-state index < -0.39 is 36.0 Å². The van der Waals surface area contributed by atoms with Gasteiger partial charge in [0, 0.05) is 0 Å². The molecule has 1 aromatic carbocycles. The number of nitrogens with two attached hydrogens (primary N) is 1. The van der Waals surface area contributed by atoms with Gasteiger partial charge in [0.2, 0.25) is 10.0 Å². The number of primary sulfonamides is 1. The molecule has 1 rings (SSSR count). The van der Waals surface area contributed by atoms with E-state index in [0.29, 0.717) is 0 Å². The molecule has 108 valence electrons. The predicted octanol–water partition coefficient (Wildman–Crippen LogP) is 1.75. The van der Waals surface area contributed by atoms with Crippen LogP contribution < -0.4 is 5.14 Å². The maximum absolute atomic E-state index is 11.9. The summed E-state index contributed by atoms with van der Waals surface area (Å²) in [5.74, 6) is 0. The molecule has 19 heavy (non-hydrogen) atoms. The van der Waals surface area contributed by atoms with Crippen LogP contribution in [0.1, 0.15) is 13.8 Å². The molecule has 0 heterocycles. The van der Waals surface area contributed by atoms with Crippen LogP contribution in [-0.4, -0.2) is 22.9 Å². The van der Waals surface area contributed by atoms with E-state index in [2.05, 4.69) is 0 Å². The Morgan fingerprint density at radius 3 is 2.11 bits per heavy atom. The van der Waals surface area contributed by atoms with Crippen LogP contribution in [0.5, 0.6) is 0 Å². The quantitative estimate of drug-likeness (QED) is 0.835. The first-order valence-electron chi connectivity index (χ1n) is 4.90. The molecule has 0 aliphatic rings. The summed E-state index contributed by atoms with van der Waals surface area (Å²) in [5, 5.41) is 4.35. The van der Waals surface area contributed by atoms with E-state index in [1.807, 2.05) is 0 Å². The van der Waals surface area contributed by atoms with Crippen molar-refractivity contribution in [2.45, 2.75) is 29.7 Å². The lowest BCUT2D eigenvalue weighted by atomic mass is 10.3. The first-order chi connectivity index (χ1) is 8.45. The fraction of sp³-hybridized carbons (Fsp3) is 0.333. The molecule has 0 atom stereocenters. The van der Waals surface area contributed by atoms with Gasteiger partial charge in [0.1, 0.15) is 4.90 Å². The Kier molecular flexibility index (Phi) is 4.87. The van der Waals surface area contributed by atoms with Crippen LogP contribution in [0.15, 0.2) is 21.9 Å². The molecule has 0 radical (unpaired) electrons. The van der Waals surface area contributed by atoms with Gasteiger partial charge in [0.25, 0.3) is 10.1 Å². The third kappa shape index (κ3) is 4.04. The van der Waals surface area contributed by atoms with Crippen LogP contribution in [0.25, 0.3) is 0 Å². The second kappa shape index (κ2) is 5.55. The van der Waals surface area contributed by atoms with Gasteiger partial charge >= 0.3 is 0 Å². The van der Waals surface area contributed by atoms with Crippen LogP contribution in [0.4, 0.5) is 0 Å². The third-order valence-corrected chi connectivity index (χ3v) is 5.19. The summed E-state index contributed by atoms with van der Waals surface area (Å²) in [6.45, 7) is 2.99. The van der Waals surface area contributed by atoms with Crippen LogP contribution in [0.3, 0.4) is 0 Å². The predicted molar refractivity (Wildman–Crippen MR) is 71.2 cm³/mol. The molecule has 0 fully saturated rings. The Hall–Kier alpha value is -0.380. The van der Waals surface area contributed by atoms with Crippen molar-refractivity contribution in [3.05, 3.63) is 22.2 Å². The Morgan fingerprint density at radius 2 is 1.68 bits per heavy atom. The highest BCUT2D eigenvalue weighted by Crippen LogP contribution is 2.33. The van der Waals surface area contributed by atoms with E-state index in [9.17, 15) is 16.8 Å². The molecule has 0 amide bonds. The minimum absolute atomic E-state index is 0.251. The highest BCUT2D eigenvalue weighted by atomic mass is 35.5. The lowest BCUT2D eigenvalue weighted by molar-refractivity contribution is 0.249. The molecule has 2 N–H and O–H groups in total. The molecule has 0 aromatic heterocycles. The summed E-state index contributed by atoms with van der Waals surface area (Å²) in [6.07, 6.45) is -0.641. The maximum atomic E-state index is 11.9. The van der Waals surface area contributed by atoms with Crippen LogP contribution in [-0.2, 0) is 24.3 Å².